The molecular formula is C14H18N4OS. The second-order valence-electron chi connectivity index (χ2n) is 4.30. The predicted octanol–water partition coefficient (Wildman–Crippen LogP) is 2.00. The van der Waals surface area contributed by atoms with Gasteiger partial charge in [0.2, 0.25) is 5.91 Å². The molecule has 0 radical (unpaired) electrons. The largest absolute Gasteiger partial charge is 0.355 e. The second-order valence-corrected chi connectivity index (χ2v) is 5.18. The van der Waals surface area contributed by atoms with Gasteiger partial charge in [0.15, 0.2) is 0 Å². The monoisotopic (exact) mass is 290 g/mol. The lowest BCUT2D eigenvalue weighted by atomic mass is 10.3. The average Bonchev–Trinajstić information content (AvgIpc) is 2.85. The Balaban J connectivity index is 1.85. The number of para-hydroxylation sites is 2. The van der Waals surface area contributed by atoms with Crippen molar-refractivity contribution in [2.45, 2.75) is 12.8 Å². The van der Waals surface area contributed by atoms with Gasteiger partial charge < -0.3 is 10.3 Å². The molecule has 2 N–H and O–H groups in total. The summed E-state index contributed by atoms with van der Waals surface area (Å²) in [4.78, 5) is 23.5. The second kappa shape index (κ2) is 7.09. The lowest BCUT2D eigenvalue weighted by molar-refractivity contribution is -0.120. The number of aromatic amines is 1. The third-order valence-electron chi connectivity index (χ3n) is 2.91. The molecule has 2 rings (SSSR count). The number of H-pyrrole nitrogens is 1. The highest BCUT2D eigenvalue weighted by atomic mass is 32.2. The van der Waals surface area contributed by atoms with Crippen LogP contribution in [0.4, 0.5) is 0 Å². The van der Waals surface area contributed by atoms with Gasteiger partial charge in [0.05, 0.1) is 22.5 Å². The van der Waals surface area contributed by atoms with Crippen LogP contribution in [0.3, 0.4) is 0 Å². The molecule has 0 atom stereocenters. The van der Waals surface area contributed by atoms with Crippen LogP contribution in [0.25, 0.3) is 11.0 Å². The molecule has 1 heterocycles. The maximum Gasteiger partial charge on any atom is 0.227 e. The van der Waals surface area contributed by atoms with E-state index < -0.39 is 0 Å². The molecule has 1 aromatic heterocycles. The van der Waals surface area contributed by atoms with E-state index in [-0.39, 0.29) is 12.3 Å². The number of hydrogen-bond acceptors (Lipinski definition) is 4. The highest BCUT2D eigenvalue weighted by Crippen LogP contribution is 2.10. The minimum absolute atomic E-state index is 0.0272. The van der Waals surface area contributed by atoms with Crippen LogP contribution in [-0.4, -0.2) is 40.8 Å². The number of nitrogens with zero attached hydrogens (tertiary/aromatic N) is 2. The number of hydrogen-bond donors (Lipinski definition) is 2. The molecule has 0 fully saturated rings. The van der Waals surface area contributed by atoms with E-state index in [0.29, 0.717) is 12.4 Å². The zero-order valence-corrected chi connectivity index (χ0v) is 12.5. The fourth-order valence-electron chi connectivity index (χ4n) is 1.92. The predicted molar refractivity (Wildman–Crippen MR) is 84.3 cm³/mol. The van der Waals surface area contributed by atoms with Gasteiger partial charge >= 0.3 is 0 Å². The van der Waals surface area contributed by atoms with Crippen LogP contribution in [0.5, 0.6) is 0 Å². The maximum atomic E-state index is 11.8. The number of fused-ring (bicyclic) bond motifs is 1. The molecule has 20 heavy (non-hydrogen) atoms. The number of benzene rings is 1. The summed E-state index contributed by atoms with van der Waals surface area (Å²) in [5.74, 6) is 0.665. The topological polar surface area (TPSA) is 70.1 Å². The summed E-state index contributed by atoms with van der Waals surface area (Å²) < 4.78 is 0. The van der Waals surface area contributed by atoms with Crippen molar-refractivity contribution in [1.82, 2.24) is 15.3 Å². The molecule has 1 aromatic carbocycles. The Morgan fingerprint density at radius 3 is 2.95 bits per heavy atom. The van der Waals surface area contributed by atoms with E-state index in [2.05, 4.69) is 20.3 Å². The minimum atomic E-state index is -0.0272. The first-order chi connectivity index (χ1) is 9.72. The minimum Gasteiger partial charge on any atom is -0.355 e. The number of imidazole rings is 1. The Bertz CT molecular complexity index is 587. The first-order valence-corrected chi connectivity index (χ1v) is 7.65. The number of thioether (sulfide) groups is 1. The lowest BCUT2D eigenvalue weighted by Crippen LogP contribution is -2.27. The summed E-state index contributed by atoms with van der Waals surface area (Å²) in [5.41, 5.74) is 1.84. The molecule has 2 aromatic rings. The Hall–Kier alpha value is -1.82. The molecule has 0 aliphatic rings. The van der Waals surface area contributed by atoms with Crippen LogP contribution >= 0.6 is 11.8 Å². The third-order valence-corrected chi connectivity index (χ3v) is 3.77. The number of nitrogens with one attached hydrogen (secondary N) is 2. The van der Waals surface area contributed by atoms with E-state index in [4.69, 9.17) is 0 Å². The first-order valence-electron chi connectivity index (χ1n) is 6.43. The van der Waals surface area contributed by atoms with Crippen LogP contribution in [0.15, 0.2) is 29.3 Å². The van der Waals surface area contributed by atoms with E-state index >= 15 is 0 Å². The average molecular weight is 290 g/mol. The number of carbonyl (C=O) groups excluding carboxylic acids is 1. The zero-order chi connectivity index (χ0) is 14.4. The Labute approximate surface area is 122 Å². The molecule has 1 amide bonds. The molecular weight excluding hydrogens is 272 g/mol. The first kappa shape index (κ1) is 14.6. The van der Waals surface area contributed by atoms with E-state index in [9.17, 15) is 4.79 Å². The molecule has 0 bridgehead atoms. The fraction of sp³-hybridized carbons (Fsp3) is 0.357. The van der Waals surface area contributed by atoms with E-state index in [0.717, 1.165) is 22.5 Å². The summed E-state index contributed by atoms with van der Waals surface area (Å²) >= 11 is 1.61. The third kappa shape index (κ3) is 3.84. The van der Waals surface area contributed by atoms with Crippen LogP contribution in [0.2, 0.25) is 0 Å². The smallest absolute Gasteiger partial charge is 0.227 e. The van der Waals surface area contributed by atoms with Gasteiger partial charge in [-0.15, -0.1) is 11.8 Å². The normalized spacial score (nSPS) is 11.8. The maximum absolute atomic E-state index is 11.8. The summed E-state index contributed by atoms with van der Waals surface area (Å²) in [5, 5.41) is 3.92. The number of carbonyl (C=O) groups is 1. The summed E-state index contributed by atoms with van der Waals surface area (Å²) in [6.07, 6.45) is 3.02. The van der Waals surface area contributed by atoms with Gasteiger partial charge in [-0.1, -0.05) is 12.1 Å². The van der Waals surface area contributed by atoms with E-state index in [1.165, 1.54) is 0 Å². The van der Waals surface area contributed by atoms with Crippen molar-refractivity contribution in [2.75, 3.05) is 19.8 Å². The van der Waals surface area contributed by atoms with Gasteiger partial charge in [0, 0.05) is 20.0 Å². The van der Waals surface area contributed by atoms with Crippen LogP contribution in [0.1, 0.15) is 12.2 Å². The van der Waals surface area contributed by atoms with Gasteiger partial charge in [-0.2, -0.15) is 0 Å². The molecule has 5 nitrogen and oxygen atoms in total. The lowest BCUT2D eigenvalue weighted by Gasteiger charge is -2.04. The van der Waals surface area contributed by atoms with Crippen LogP contribution in [-0.2, 0) is 11.2 Å². The van der Waals surface area contributed by atoms with Gasteiger partial charge in [-0.3, -0.25) is 9.79 Å². The Kier molecular flexibility index (Phi) is 5.17. The van der Waals surface area contributed by atoms with Crippen LogP contribution in [0, 0.1) is 0 Å². The van der Waals surface area contributed by atoms with E-state index in [1.54, 1.807) is 18.8 Å². The molecule has 106 valence electrons. The van der Waals surface area contributed by atoms with E-state index in [1.807, 2.05) is 30.5 Å². The highest BCUT2D eigenvalue weighted by molar-refractivity contribution is 8.13. The summed E-state index contributed by atoms with van der Waals surface area (Å²) in [6.45, 7) is 0.604. The van der Waals surface area contributed by atoms with Crippen molar-refractivity contribution in [3.05, 3.63) is 30.1 Å². The van der Waals surface area contributed by atoms with Gasteiger partial charge in [-0.05, 0) is 18.4 Å². The fourth-order valence-corrected chi connectivity index (χ4v) is 2.41. The molecule has 0 spiro atoms. The van der Waals surface area contributed by atoms with Gasteiger partial charge in [-0.25, -0.2) is 4.98 Å². The van der Waals surface area contributed by atoms with Crippen molar-refractivity contribution in [2.24, 2.45) is 4.99 Å². The molecule has 6 heteroatoms. The number of aromatic nitrogens is 2. The van der Waals surface area contributed by atoms with Crippen molar-refractivity contribution in [1.29, 1.82) is 0 Å². The summed E-state index contributed by atoms with van der Waals surface area (Å²) in [6, 6.07) is 7.75. The molecule has 0 aliphatic heterocycles. The number of rotatable bonds is 5. The molecule has 0 aliphatic carbocycles. The standard InChI is InChI=1S/C14H18N4OS/c1-15-14(20-2)7-8-16-13(19)9-12-17-10-5-3-4-6-11(10)18-12/h3-6H,7-9H2,1-2H3,(H,16,19)(H,17,18). The van der Waals surface area contributed by atoms with Gasteiger partial charge in [0.25, 0.3) is 0 Å². The van der Waals surface area contributed by atoms with Gasteiger partial charge in [0.1, 0.15) is 5.82 Å². The van der Waals surface area contributed by atoms with Crippen LogP contribution < -0.4 is 5.32 Å². The van der Waals surface area contributed by atoms with Crippen molar-refractivity contribution in [3.8, 4) is 0 Å². The molecule has 0 saturated heterocycles. The SMILES string of the molecule is CN=C(CCNC(=O)Cc1nc2ccccc2[nH]1)SC. The Morgan fingerprint density at radius 1 is 1.45 bits per heavy atom. The highest BCUT2D eigenvalue weighted by Gasteiger charge is 2.08. The quantitative estimate of drug-likeness (QED) is 0.653. The number of aliphatic imine (C=N–C) groups is 1. The molecule has 0 unspecified atom stereocenters. The van der Waals surface area contributed by atoms with Crippen molar-refractivity contribution in [3.63, 3.8) is 0 Å². The Morgan fingerprint density at radius 2 is 2.25 bits per heavy atom. The van der Waals surface area contributed by atoms with Crippen molar-refractivity contribution >= 4 is 33.7 Å². The number of amides is 1. The van der Waals surface area contributed by atoms with Crippen molar-refractivity contribution < 1.29 is 4.79 Å². The molecule has 0 saturated carbocycles. The summed E-state index contributed by atoms with van der Waals surface area (Å²) in [7, 11) is 1.77. The zero-order valence-electron chi connectivity index (χ0n) is 11.6.